The Morgan fingerprint density at radius 1 is 1.38 bits per heavy atom. The minimum absolute atomic E-state index is 0.389. The smallest absolute Gasteiger partial charge is 0.411 e. The second kappa shape index (κ2) is 4.65. The van der Waals surface area contributed by atoms with Gasteiger partial charge < -0.3 is 10.5 Å². The lowest BCUT2D eigenvalue weighted by Gasteiger charge is -2.12. The zero-order valence-corrected chi connectivity index (χ0v) is 7.82. The van der Waals surface area contributed by atoms with E-state index in [1.54, 1.807) is 0 Å². The molecule has 0 radical (unpaired) electrons. The van der Waals surface area contributed by atoms with Crippen molar-refractivity contribution in [2.45, 2.75) is 6.18 Å². The van der Waals surface area contributed by atoms with Crippen LogP contribution in [-0.4, -0.2) is 17.3 Å². The molecule has 0 spiro atoms. The minimum Gasteiger partial charge on any atom is -0.411 e. The second-order valence-electron chi connectivity index (χ2n) is 2.78. The van der Waals surface area contributed by atoms with E-state index in [-0.39, 0.29) is 5.69 Å². The van der Waals surface area contributed by atoms with Crippen molar-refractivity contribution in [1.29, 1.82) is 0 Å². The van der Waals surface area contributed by atoms with Gasteiger partial charge in [-0.3, -0.25) is 4.79 Å². The normalized spacial score (nSPS) is 11.7. The first kappa shape index (κ1) is 12.0. The molecule has 2 N–H and O–H groups in total. The van der Waals surface area contributed by atoms with E-state index in [4.69, 9.17) is 5.21 Å². The van der Waals surface area contributed by atoms with Gasteiger partial charge in [-0.05, 0) is 12.1 Å². The first-order valence-electron chi connectivity index (χ1n) is 4.10. The number of carbonyl (C=O) groups excluding carboxylic acids is 1. The molecular weight excluding hydrogens is 225 g/mol. The molecule has 16 heavy (non-hydrogen) atoms. The number of para-hydroxylation sites is 1. The molecule has 0 saturated carbocycles. The number of anilines is 1. The molecule has 0 unspecified atom stereocenters. The van der Waals surface area contributed by atoms with Gasteiger partial charge in [-0.25, -0.2) is 0 Å². The molecule has 1 amide bonds. The van der Waals surface area contributed by atoms with E-state index in [1.165, 1.54) is 12.1 Å². The first-order valence-corrected chi connectivity index (χ1v) is 4.10. The van der Waals surface area contributed by atoms with Gasteiger partial charge in [0.05, 0.1) is 11.3 Å². The van der Waals surface area contributed by atoms with Crippen LogP contribution < -0.4 is 5.32 Å². The van der Waals surface area contributed by atoms with Crippen LogP contribution in [0, 0.1) is 0 Å². The van der Waals surface area contributed by atoms with Gasteiger partial charge in [0, 0.05) is 0 Å². The zero-order chi connectivity index (χ0) is 12.2. The molecule has 0 heterocycles. The fourth-order valence-corrected chi connectivity index (χ4v) is 1.06. The average Bonchev–Trinajstić information content (AvgIpc) is 2.17. The summed E-state index contributed by atoms with van der Waals surface area (Å²) in [6, 6.07) is 4.50. The largest absolute Gasteiger partial charge is 0.418 e. The maximum Gasteiger partial charge on any atom is 0.418 e. The molecule has 4 nitrogen and oxygen atoms in total. The number of alkyl halides is 3. The van der Waals surface area contributed by atoms with E-state index in [9.17, 15) is 18.0 Å². The van der Waals surface area contributed by atoms with E-state index in [0.29, 0.717) is 6.21 Å². The van der Waals surface area contributed by atoms with Gasteiger partial charge >= 0.3 is 6.18 Å². The second-order valence-corrected chi connectivity index (χ2v) is 2.78. The molecular formula is C9H7F3N2O2. The molecule has 0 aliphatic heterocycles. The molecule has 86 valence electrons. The van der Waals surface area contributed by atoms with Crippen molar-refractivity contribution < 1.29 is 23.2 Å². The number of nitrogens with zero attached hydrogens (tertiary/aromatic N) is 1. The number of halogens is 3. The summed E-state index contributed by atoms with van der Waals surface area (Å²) < 4.78 is 37.4. The third kappa shape index (κ3) is 2.97. The summed E-state index contributed by atoms with van der Waals surface area (Å²) >= 11 is 0. The maximum atomic E-state index is 12.5. The molecule has 7 heteroatoms. The van der Waals surface area contributed by atoms with Crippen LogP contribution in [0.15, 0.2) is 29.4 Å². The Morgan fingerprint density at radius 3 is 2.56 bits per heavy atom. The van der Waals surface area contributed by atoms with Gasteiger partial charge in [-0.1, -0.05) is 17.3 Å². The van der Waals surface area contributed by atoms with Crippen molar-refractivity contribution >= 4 is 17.8 Å². The SMILES string of the molecule is O=C(/C=N\O)Nc1ccccc1C(F)(F)F. The Bertz CT molecular complexity index is 415. The fraction of sp³-hybridized carbons (Fsp3) is 0.111. The third-order valence-corrected chi connectivity index (χ3v) is 1.67. The maximum absolute atomic E-state index is 12.5. The van der Waals surface area contributed by atoms with Crippen LogP contribution in [0.2, 0.25) is 0 Å². The molecule has 1 rings (SSSR count). The highest BCUT2D eigenvalue weighted by atomic mass is 19.4. The quantitative estimate of drug-likeness (QED) is 0.466. The van der Waals surface area contributed by atoms with Crippen molar-refractivity contribution in [3.05, 3.63) is 29.8 Å². The summed E-state index contributed by atoms with van der Waals surface area (Å²) in [6.07, 6.45) is -4.09. The average molecular weight is 232 g/mol. The Labute approximate surface area is 88.4 Å². The predicted octanol–water partition coefficient (Wildman–Crippen LogP) is 2.10. The van der Waals surface area contributed by atoms with Gasteiger partial charge in [-0.2, -0.15) is 13.2 Å². The topological polar surface area (TPSA) is 61.7 Å². The number of hydrogen-bond donors (Lipinski definition) is 2. The summed E-state index contributed by atoms with van der Waals surface area (Å²) in [5.41, 5.74) is -1.35. The van der Waals surface area contributed by atoms with E-state index in [2.05, 4.69) is 5.16 Å². The molecule has 0 bridgehead atoms. The van der Waals surface area contributed by atoms with E-state index < -0.39 is 17.6 Å². The van der Waals surface area contributed by atoms with Crippen molar-refractivity contribution in [2.24, 2.45) is 5.16 Å². The molecule has 0 atom stereocenters. The minimum atomic E-state index is -4.56. The first-order chi connectivity index (χ1) is 7.45. The molecule has 0 fully saturated rings. The number of nitrogens with one attached hydrogen (secondary N) is 1. The van der Waals surface area contributed by atoms with Gasteiger partial charge in [-0.15, -0.1) is 0 Å². The van der Waals surface area contributed by atoms with E-state index in [0.717, 1.165) is 12.1 Å². The van der Waals surface area contributed by atoms with Crippen LogP contribution in [0.3, 0.4) is 0 Å². The Morgan fingerprint density at radius 2 is 2.00 bits per heavy atom. The zero-order valence-electron chi connectivity index (χ0n) is 7.82. The predicted molar refractivity (Wildman–Crippen MR) is 50.4 cm³/mol. The van der Waals surface area contributed by atoms with Crippen LogP contribution >= 0.6 is 0 Å². The number of carbonyl (C=O) groups is 1. The number of oxime groups is 1. The summed E-state index contributed by atoms with van der Waals surface area (Å²) in [5, 5.41) is 12.4. The summed E-state index contributed by atoms with van der Waals surface area (Å²) in [5.74, 6) is -0.945. The molecule has 1 aromatic rings. The van der Waals surface area contributed by atoms with Crippen LogP contribution in [0.5, 0.6) is 0 Å². The van der Waals surface area contributed by atoms with Crippen molar-refractivity contribution in [3.63, 3.8) is 0 Å². The molecule has 0 aliphatic rings. The van der Waals surface area contributed by atoms with Crippen molar-refractivity contribution in [3.8, 4) is 0 Å². The molecule has 0 aliphatic carbocycles. The summed E-state index contributed by atoms with van der Waals surface area (Å²) in [6.45, 7) is 0. The lowest BCUT2D eigenvalue weighted by Crippen LogP contribution is -2.17. The van der Waals surface area contributed by atoms with Crippen molar-refractivity contribution in [2.75, 3.05) is 5.32 Å². The highest BCUT2D eigenvalue weighted by molar-refractivity contribution is 6.31. The van der Waals surface area contributed by atoms with Crippen LogP contribution in [-0.2, 0) is 11.0 Å². The van der Waals surface area contributed by atoms with Gasteiger partial charge in [0.2, 0.25) is 0 Å². The van der Waals surface area contributed by atoms with E-state index >= 15 is 0 Å². The summed E-state index contributed by atoms with van der Waals surface area (Å²) in [7, 11) is 0. The van der Waals surface area contributed by atoms with Gasteiger partial charge in [0.1, 0.15) is 6.21 Å². The number of hydrogen-bond acceptors (Lipinski definition) is 3. The highest BCUT2D eigenvalue weighted by Gasteiger charge is 2.33. The molecule has 1 aromatic carbocycles. The Kier molecular flexibility index (Phi) is 3.49. The number of rotatable bonds is 2. The van der Waals surface area contributed by atoms with Crippen LogP contribution in [0.4, 0.5) is 18.9 Å². The number of amides is 1. The highest BCUT2D eigenvalue weighted by Crippen LogP contribution is 2.34. The van der Waals surface area contributed by atoms with Crippen molar-refractivity contribution in [1.82, 2.24) is 0 Å². The molecule has 0 aromatic heterocycles. The third-order valence-electron chi connectivity index (χ3n) is 1.67. The Hall–Kier alpha value is -2.05. The van der Waals surface area contributed by atoms with Gasteiger partial charge in [0.15, 0.2) is 0 Å². The van der Waals surface area contributed by atoms with Gasteiger partial charge in [0.25, 0.3) is 5.91 Å². The fourth-order valence-electron chi connectivity index (χ4n) is 1.06. The lowest BCUT2D eigenvalue weighted by atomic mass is 10.1. The standard InChI is InChI=1S/C9H7F3N2O2/c10-9(11,12)6-3-1-2-4-7(6)14-8(15)5-13-16/h1-5,16H,(H,14,15)/b13-5-. The molecule has 0 saturated heterocycles. The van der Waals surface area contributed by atoms with Crippen LogP contribution in [0.25, 0.3) is 0 Å². The Balaban J connectivity index is 3.01. The van der Waals surface area contributed by atoms with E-state index in [1.807, 2.05) is 5.32 Å². The van der Waals surface area contributed by atoms with Crippen LogP contribution in [0.1, 0.15) is 5.56 Å². The number of benzene rings is 1. The summed E-state index contributed by atoms with van der Waals surface area (Å²) in [4.78, 5) is 10.9. The monoisotopic (exact) mass is 232 g/mol. The lowest BCUT2D eigenvalue weighted by molar-refractivity contribution is -0.136.